The van der Waals surface area contributed by atoms with E-state index in [2.05, 4.69) is 43.9 Å². The Hall–Kier alpha value is -5.40. The number of benzene rings is 3. The standard InChI is InChI=1S/C42H42ClN7O5/c1-44-37-11-9-34(23-36(37)43)55-49-20-18-48(19-21-49)41(53)31-5-7-33(8-6-31)47-16-14-29(15-17-47)24-46-25-30(26-46)3-2-28-4-10-35-32(22-28)27-50(42(35)54)38-12-13-39(51)45-40(38)52/h4-11,22-23,29-30,38H,12-21,24-27H2,(H,45,51,52). The van der Waals surface area contributed by atoms with Crippen molar-refractivity contribution < 1.29 is 24.0 Å². The van der Waals surface area contributed by atoms with Crippen molar-refractivity contribution in [2.24, 2.45) is 11.8 Å². The van der Waals surface area contributed by atoms with Gasteiger partial charge in [0, 0.05) is 87.1 Å². The lowest BCUT2D eigenvalue weighted by Crippen LogP contribution is -2.52. The fourth-order valence-electron chi connectivity index (χ4n) is 8.15. The monoisotopic (exact) mass is 759 g/mol. The molecular formula is C42H42ClN7O5. The largest absolute Gasteiger partial charge is 0.406 e. The first-order chi connectivity index (χ1) is 26.7. The molecule has 0 bridgehead atoms. The van der Waals surface area contributed by atoms with Crippen LogP contribution in [0.4, 0.5) is 11.4 Å². The summed E-state index contributed by atoms with van der Waals surface area (Å²) >= 11 is 6.14. The van der Waals surface area contributed by atoms with Crippen molar-refractivity contribution in [1.82, 2.24) is 25.1 Å². The van der Waals surface area contributed by atoms with E-state index >= 15 is 0 Å². The quantitative estimate of drug-likeness (QED) is 0.212. The molecule has 3 aromatic rings. The summed E-state index contributed by atoms with van der Waals surface area (Å²) in [6.45, 7) is 14.7. The number of nitrogens with one attached hydrogen (secondary N) is 1. The van der Waals surface area contributed by atoms with Gasteiger partial charge < -0.3 is 24.4 Å². The Morgan fingerprint density at radius 3 is 2.40 bits per heavy atom. The van der Waals surface area contributed by atoms with Crippen LogP contribution < -0.4 is 15.1 Å². The molecule has 0 aromatic heterocycles. The molecule has 3 aromatic carbocycles. The van der Waals surface area contributed by atoms with E-state index in [1.165, 1.54) is 0 Å². The molecule has 5 aliphatic rings. The minimum Gasteiger partial charge on any atom is -0.406 e. The zero-order valence-corrected chi connectivity index (χ0v) is 31.3. The lowest BCUT2D eigenvalue weighted by atomic mass is 9.92. The maximum Gasteiger partial charge on any atom is 0.255 e. The Labute approximate surface area is 325 Å². The number of carbonyl (C=O) groups excluding carboxylic acids is 4. The Morgan fingerprint density at radius 2 is 1.69 bits per heavy atom. The summed E-state index contributed by atoms with van der Waals surface area (Å²) in [7, 11) is 0. The van der Waals surface area contributed by atoms with E-state index in [-0.39, 0.29) is 24.1 Å². The van der Waals surface area contributed by atoms with Crippen LogP contribution in [0.25, 0.3) is 4.85 Å². The summed E-state index contributed by atoms with van der Waals surface area (Å²) in [6.07, 6.45) is 2.84. The minimum atomic E-state index is -0.615. The van der Waals surface area contributed by atoms with Crippen LogP contribution in [0.15, 0.2) is 60.7 Å². The molecule has 1 atom stereocenters. The fourth-order valence-corrected chi connectivity index (χ4v) is 8.36. The average Bonchev–Trinajstić information content (AvgIpc) is 3.50. The zero-order valence-electron chi connectivity index (χ0n) is 30.5. The van der Waals surface area contributed by atoms with Crippen LogP contribution in [-0.4, -0.2) is 108 Å². The first-order valence-electron chi connectivity index (χ1n) is 19.0. The number of hydrogen-bond donors (Lipinski definition) is 1. The molecule has 1 unspecified atom stereocenters. The Bertz CT molecular complexity index is 2100. The highest BCUT2D eigenvalue weighted by molar-refractivity contribution is 6.33. The van der Waals surface area contributed by atoms with Gasteiger partial charge in [-0.1, -0.05) is 29.5 Å². The molecule has 4 fully saturated rings. The van der Waals surface area contributed by atoms with Crippen molar-refractivity contribution in [2.45, 2.75) is 38.3 Å². The van der Waals surface area contributed by atoms with E-state index in [4.69, 9.17) is 23.0 Å². The van der Waals surface area contributed by atoms with E-state index in [9.17, 15) is 19.2 Å². The number of piperidine rings is 2. The van der Waals surface area contributed by atoms with Gasteiger partial charge in [-0.25, -0.2) is 4.85 Å². The van der Waals surface area contributed by atoms with E-state index < -0.39 is 11.9 Å². The van der Waals surface area contributed by atoms with Gasteiger partial charge >= 0.3 is 0 Å². The second-order valence-corrected chi connectivity index (χ2v) is 15.4. The number of hydrogen-bond acceptors (Lipinski definition) is 8. The molecule has 282 valence electrons. The van der Waals surface area contributed by atoms with Crippen molar-refractivity contribution in [1.29, 1.82) is 0 Å². The number of anilines is 1. The van der Waals surface area contributed by atoms with Crippen LogP contribution >= 0.6 is 11.6 Å². The summed E-state index contributed by atoms with van der Waals surface area (Å²) in [5.74, 6) is 7.44. The predicted molar refractivity (Wildman–Crippen MR) is 206 cm³/mol. The first-order valence-corrected chi connectivity index (χ1v) is 19.3. The van der Waals surface area contributed by atoms with E-state index in [0.717, 1.165) is 62.4 Å². The van der Waals surface area contributed by atoms with Gasteiger partial charge in [-0.2, -0.15) is 0 Å². The molecule has 0 radical (unpaired) electrons. The summed E-state index contributed by atoms with van der Waals surface area (Å²) in [5, 5.41) is 4.53. The number of imide groups is 1. The molecule has 1 N–H and O–H groups in total. The van der Waals surface area contributed by atoms with Gasteiger partial charge in [0.25, 0.3) is 11.8 Å². The highest BCUT2D eigenvalue weighted by atomic mass is 35.5. The normalized spacial score (nSPS) is 21.0. The Balaban J connectivity index is 0.747. The van der Waals surface area contributed by atoms with Crippen LogP contribution in [0.1, 0.15) is 57.5 Å². The van der Waals surface area contributed by atoms with Gasteiger partial charge in [0.2, 0.25) is 17.5 Å². The number of hydroxylamine groups is 2. The van der Waals surface area contributed by atoms with Crippen molar-refractivity contribution in [3.05, 3.63) is 99.4 Å². The van der Waals surface area contributed by atoms with Crippen LogP contribution in [0.5, 0.6) is 5.75 Å². The van der Waals surface area contributed by atoms with Crippen LogP contribution in [0.3, 0.4) is 0 Å². The second kappa shape index (κ2) is 15.8. The Kier molecular flexibility index (Phi) is 10.5. The molecule has 8 rings (SSSR count). The molecule has 0 saturated carbocycles. The Morgan fingerprint density at radius 1 is 0.927 bits per heavy atom. The number of carbonyl (C=O) groups is 4. The number of rotatable bonds is 7. The highest BCUT2D eigenvalue weighted by Gasteiger charge is 2.39. The van der Waals surface area contributed by atoms with Crippen molar-refractivity contribution in [3.63, 3.8) is 0 Å². The summed E-state index contributed by atoms with van der Waals surface area (Å²) in [4.78, 5) is 67.8. The third-order valence-electron chi connectivity index (χ3n) is 11.3. The smallest absolute Gasteiger partial charge is 0.255 e. The molecule has 0 aliphatic carbocycles. The number of amides is 4. The SMILES string of the molecule is [C-]#[N+]c1ccc(ON2CCN(C(=O)c3ccc(N4CCC(CN5CC(C#Cc6ccc7c(c6)CN(C6CCC(=O)NC6=O)C7=O)C5)CC4)cc3)CC2)cc1Cl. The maximum atomic E-state index is 13.3. The molecule has 4 saturated heterocycles. The highest BCUT2D eigenvalue weighted by Crippen LogP contribution is 2.31. The summed E-state index contributed by atoms with van der Waals surface area (Å²) in [6, 6.07) is 18.0. The number of likely N-dealkylation sites (tertiary alicyclic amines) is 1. The molecule has 12 nitrogen and oxygen atoms in total. The van der Waals surface area contributed by atoms with Gasteiger partial charge in [-0.15, -0.1) is 5.06 Å². The number of nitrogens with zero attached hydrogens (tertiary/aromatic N) is 6. The average molecular weight is 760 g/mol. The third kappa shape index (κ3) is 8.04. The number of piperazine rings is 1. The second-order valence-electron chi connectivity index (χ2n) is 15.0. The van der Waals surface area contributed by atoms with Gasteiger partial charge in [-0.3, -0.25) is 24.5 Å². The molecule has 13 heteroatoms. The lowest BCUT2D eigenvalue weighted by Gasteiger charge is -2.41. The van der Waals surface area contributed by atoms with Gasteiger partial charge in [0.1, 0.15) is 11.8 Å². The van der Waals surface area contributed by atoms with Gasteiger partial charge in [-0.05, 0) is 85.3 Å². The van der Waals surface area contributed by atoms with Gasteiger partial charge in [0.05, 0.1) is 24.7 Å². The molecular weight excluding hydrogens is 718 g/mol. The van der Waals surface area contributed by atoms with Crippen LogP contribution in [-0.2, 0) is 16.1 Å². The topological polar surface area (TPSA) is 110 Å². The number of halogens is 1. The minimum absolute atomic E-state index is 0.0223. The summed E-state index contributed by atoms with van der Waals surface area (Å²) < 4.78 is 0. The molecule has 5 aliphatic heterocycles. The number of fused-ring (bicyclic) bond motifs is 1. The fraction of sp³-hybridized carbons (Fsp3) is 0.405. The molecule has 55 heavy (non-hydrogen) atoms. The van der Waals surface area contributed by atoms with Crippen LogP contribution in [0.2, 0.25) is 5.02 Å². The molecule has 5 heterocycles. The zero-order chi connectivity index (χ0) is 38.1. The van der Waals surface area contributed by atoms with E-state index in [1.54, 1.807) is 29.2 Å². The lowest BCUT2D eigenvalue weighted by molar-refractivity contribution is -0.136. The third-order valence-corrected chi connectivity index (χ3v) is 11.6. The van der Waals surface area contributed by atoms with Crippen molar-refractivity contribution in [2.75, 3.05) is 63.8 Å². The van der Waals surface area contributed by atoms with Crippen LogP contribution in [0, 0.1) is 30.2 Å². The van der Waals surface area contributed by atoms with Crippen molar-refractivity contribution >= 4 is 46.6 Å². The maximum absolute atomic E-state index is 13.3. The van der Waals surface area contributed by atoms with E-state index in [1.807, 2.05) is 34.2 Å². The predicted octanol–water partition coefficient (Wildman–Crippen LogP) is 4.60. The van der Waals surface area contributed by atoms with E-state index in [0.29, 0.717) is 78.6 Å². The first kappa shape index (κ1) is 36.6. The summed E-state index contributed by atoms with van der Waals surface area (Å²) in [5.41, 5.74) is 4.57. The van der Waals surface area contributed by atoms with Crippen molar-refractivity contribution in [3.8, 4) is 17.6 Å². The molecule has 0 spiro atoms. The van der Waals surface area contributed by atoms with Gasteiger partial charge in [0.15, 0.2) is 0 Å². The molecule has 4 amide bonds.